The fraction of sp³-hybridized carbons (Fsp3) is 0. The molecule has 0 fully saturated rings. The van der Waals surface area contributed by atoms with Crippen molar-refractivity contribution in [2.75, 3.05) is 0 Å². The van der Waals surface area contributed by atoms with Gasteiger partial charge in [0.1, 0.15) is 0 Å². The first-order chi connectivity index (χ1) is 4.11. The minimum Gasteiger partial charge on any atom is -0.411 e. The van der Waals surface area contributed by atoms with E-state index in [-0.39, 0.29) is 5.22 Å². The Morgan fingerprint density at radius 1 is 1.67 bits per heavy atom. The van der Waals surface area contributed by atoms with Crippen LogP contribution in [0, 0.1) is 0 Å². The van der Waals surface area contributed by atoms with Gasteiger partial charge in [-0.25, -0.2) is 0 Å². The third kappa shape index (κ3) is 1.55. The second kappa shape index (κ2) is 2.14. The van der Waals surface area contributed by atoms with Gasteiger partial charge in [0.25, 0.3) is 0 Å². The first-order valence-electron chi connectivity index (χ1n) is 1.85. The maximum absolute atomic E-state index is 8.59. The third-order valence-electron chi connectivity index (χ3n) is 0.562. The second-order valence-electron chi connectivity index (χ2n) is 1.18. The van der Waals surface area contributed by atoms with Crippen molar-refractivity contribution in [3.63, 3.8) is 0 Å². The van der Waals surface area contributed by atoms with Crippen molar-refractivity contribution in [2.45, 2.75) is 5.22 Å². The second-order valence-corrected chi connectivity index (χ2v) is 3.78. The molecule has 0 aliphatic heterocycles. The van der Waals surface area contributed by atoms with Crippen LogP contribution in [0.15, 0.2) is 16.0 Å². The van der Waals surface area contributed by atoms with E-state index in [1.54, 1.807) is 0 Å². The number of hydrogen-bond donors (Lipinski definition) is 2. The van der Waals surface area contributed by atoms with Crippen molar-refractivity contribution in [1.82, 2.24) is 10.2 Å². The molecule has 52 valence electrons. The van der Waals surface area contributed by atoms with E-state index < -0.39 is 9.80 Å². The van der Waals surface area contributed by atoms with Gasteiger partial charge < -0.3 is 4.42 Å². The number of rotatable bonds is 1. The Kier molecular flexibility index (Phi) is 1.62. The molecule has 0 amide bonds. The van der Waals surface area contributed by atoms with E-state index in [0.29, 0.717) is 0 Å². The molecule has 0 aliphatic carbocycles. The highest BCUT2D eigenvalue weighted by Crippen LogP contribution is 2.51. The van der Waals surface area contributed by atoms with E-state index in [1.165, 1.54) is 0 Å². The van der Waals surface area contributed by atoms with Gasteiger partial charge in [-0.1, -0.05) is 5.10 Å². The van der Waals surface area contributed by atoms with E-state index in [4.69, 9.17) is 19.8 Å². The predicted octanol–water partition coefficient (Wildman–Crippen LogP) is 1.33. The summed E-state index contributed by atoms with van der Waals surface area (Å²) in [7, 11) is 1.67. The third-order valence-corrected chi connectivity index (χ3v) is 1.58. The molecule has 2 N–H and O–H groups in total. The molecule has 0 aliphatic rings. The van der Waals surface area contributed by atoms with Crippen molar-refractivity contribution in [1.29, 1.82) is 0 Å². The summed E-state index contributed by atoms with van der Waals surface area (Å²) >= 11 is 0. The minimum atomic E-state index is -3.33. The molecule has 9 heavy (non-hydrogen) atoms. The van der Waals surface area contributed by atoms with Crippen molar-refractivity contribution in [2.24, 2.45) is 0 Å². The van der Waals surface area contributed by atoms with Gasteiger partial charge in [-0.15, -0.1) is 5.10 Å². The molecule has 1 heterocycles. The van der Waals surface area contributed by atoms with Crippen LogP contribution in [0.1, 0.15) is 0 Å². The fourth-order valence-corrected chi connectivity index (χ4v) is 0.794. The molecule has 5 nitrogen and oxygen atoms in total. The fourth-order valence-electron chi connectivity index (χ4n) is 0.276. The highest BCUT2D eigenvalue weighted by molar-refractivity contribution is 8.42. The highest BCUT2D eigenvalue weighted by atomic mass is 35.7. The van der Waals surface area contributed by atoms with Crippen LogP contribution in [0.25, 0.3) is 0 Å². The molecule has 0 unspecified atom stereocenters. The van der Waals surface area contributed by atoms with E-state index in [2.05, 4.69) is 14.6 Å². The largest absolute Gasteiger partial charge is 0.411 e. The topological polar surface area (TPSA) is 79.4 Å². The van der Waals surface area contributed by atoms with Gasteiger partial charge in [0.15, 0.2) is 0 Å². The van der Waals surface area contributed by atoms with Crippen molar-refractivity contribution < 1.29 is 13.5 Å². The molecule has 1 aromatic heterocycles. The molecule has 1 rings (SSSR count). The SMILES string of the molecule is OS(O)(Cl)c1nnco1. The zero-order valence-corrected chi connectivity index (χ0v) is 5.63. The molecule has 0 radical (unpaired) electrons. The first-order valence-corrected chi connectivity index (χ1v) is 4.22. The van der Waals surface area contributed by atoms with Crippen molar-refractivity contribution >= 4 is 20.5 Å². The lowest BCUT2D eigenvalue weighted by Gasteiger charge is -2.15. The molecule has 0 atom stereocenters. The molecule has 0 spiro atoms. The van der Waals surface area contributed by atoms with Gasteiger partial charge in [-0.05, 0) is 9.80 Å². The molecule has 1 aromatic rings. The average Bonchev–Trinajstić information content (AvgIpc) is 2.08. The van der Waals surface area contributed by atoms with E-state index >= 15 is 0 Å². The lowest BCUT2D eigenvalue weighted by Crippen LogP contribution is -1.87. The smallest absolute Gasteiger partial charge is 0.348 e. The molecule has 0 aromatic carbocycles. The highest BCUT2D eigenvalue weighted by Gasteiger charge is 2.16. The van der Waals surface area contributed by atoms with Crippen LogP contribution in [0.4, 0.5) is 0 Å². The van der Waals surface area contributed by atoms with Crippen LogP contribution < -0.4 is 0 Å². The normalized spacial score (nSPS) is 13.7. The van der Waals surface area contributed by atoms with Gasteiger partial charge >= 0.3 is 5.22 Å². The van der Waals surface area contributed by atoms with Crippen LogP contribution >= 0.6 is 20.5 Å². The maximum atomic E-state index is 8.59. The summed E-state index contributed by atoms with van der Waals surface area (Å²) in [6.07, 6.45) is 0.964. The van der Waals surface area contributed by atoms with Crippen LogP contribution in [0.2, 0.25) is 0 Å². The van der Waals surface area contributed by atoms with Gasteiger partial charge in [0.05, 0.1) is 0 Å². The average molecular weight is 171 g/mol. The molecule has 0 saturated heterocycles. The Morgan fingerprint density at radius 2 is 2.33 bits per heavy atom. The zero-order valence-electron chi connectivity index (χ0n) is 4.06. The summed E-state index contributed by atoms with van der Waals surface area (Å²) < 4.78 is 21.6. The zero-order chi connectivity index (χ0) is 6.91. The predicted molar refractivity (Wildman–Crippen MR) is 31.3 cm³/mol. The summed E-state index contributed by atoms with van der Waals surface area (Å²) in [6.45, 7) is 0. The van der Waals surface area contributed by atoms with E-state index in [9.17, 15) is 0 Å². The Balaban J connectivity index is 2.90. The summed E-state index contributed by atoms with van der Waals surface area (Å²) in [6, 6.07) is 0. The van der Waals surface area contributed by atoms with Gasteiger partial charge in [0.2, 0.25) is 6.39 Å². The molecule has 7 heteroatoms. The molecular formula is C2H3ClN2O3S. The monoisotopic (exact) mass is 170 g/mol. The van der Waals surface area contributed by atoms with Crippen LogP contribution in [-0.4, -0.2) is 19.3 Å². The number of halogens is 1. The summed E-state index contributed by atoms with van der Waals surface area (Å²) in [5, 5.41) is 6.01. The number of hydrogen-bond acceptors (Lipinski definition) is 5. The van der Waals surface area contributed by atoms with Gasteiger partial charge in [-0.2, -0.15) is 0 Å². The van der Waals surface area contributed by atoms with E-state index in [0.717, 1.165) is 6.39 Å². The molecule has 0 saturated carbocycles. The van der Waals surface area contributed by atoms with Crippen LogP contribution in [0.5, 0.6) is 0 Å². The quantitative estimate of drug-likeness (QED) is 0.665. The summed E-state index contributed by atoms with van der Waals surface area (Å²) in [5.74, 6) is 0. The van der Waals surface area contributed by atoms with Crippen molar-refractivity contribution in [3.05, 3.63) is 6.39 Å². The molecule has 0 bridgehead atoms. The Bertz CT molecular complexity index is 182. The number of aromatic nitrogens is 2. The number of nitrogens with zero attached hydrogens (tertiary/aromatic N) is 2. The lowest BCUT2D eigenvalue weighted by molar-refractivity contribution is 0.400. The standard InChI is InChI=1S/C2H3ClN2O3S/c3-9(6,7)2-5-4-1-8-2/h1,6-7H. The Hall–Kier alpha value is -0.300. The Morgan fingerprint density at radius 3 is 2.56 bits per heavy atom. The maximum Gasteiger partial charge on any atom is 0.348 e. The van der Waals surface area contributed by atoms with E-state index in [1.807, 2.05) is 0 Å². The summed E-state index contributed by atoms with van der Waals surface area (Å²) in [4.78, 5) is 0. The van der Waals surface area contributed by atoms with Crippen LogP contribution in [-0.2, 0) is 0 Å². The summed E-state index contributed by atoms with van der Waals surface area (Å²) in [5.41, 5.74) is 0. The first kappa shape index (κ1) is 6.81. The van der Waals surface area contributed by atoms with Gasteiger partial charge in [-0.3, -0.25) is 9.11 Å². The molecular weight excluding hydrogens is 168 g/mol. The van der Waals surface area contributed by atoms with Crippen LogP contribution in [0.3, 0.4) is 0 Å². The minimum absolute atomic E-state index is 0.357. The van der Waals surface area contributed by atoms with Gasteiger partial charge in [0, 0.05) is 10.7 Å². The lowest BCUT2D eigenvalue weighted by atomic mass is 11.5. The Labute approximate surface area is 56.5 Å². The van der Waals surface area contributed by atoms with Crippen molar-refractivity contribution in [3.8, 4) is 0 Å².